The van der Waals surface area contributed by atoms with E-state index in [1.807, 2.05) is 30.3 Å². The molecule has 1 heterocycles. The Morgan fingerprint density at radius 1 is 1.31 bits per heavy atom. The maximum absolute atomic E-state index is 11.5. The van der Waals surface area contributed by atoms with Gasteiger partial charge in [0.2, 0.25) is 5.91 Å². The first-order chi connectivity index (χ1) is 12.1. The van der Waals surface area contributed by atoms with E-state index >= 15 is 0 Å². The Labute approximate surface area is 149 Å². The minimum atomic E-state index is -5.08. The van der Waals surface area contributed by atoms with Crippen LogP contribution < -0.4 is 10.5 Å². The van der Waals surface area contributed by atoms with E-state index in [4.69, 9.17) is 20.4 Å². The van der Waals surface area contributed by atoms with Gasteiger partial charge in [-0.25, -0.2) is 4.79 Å². The lowest BCUT2D eigenvalue weighted by Gasteiger charge is -2.20. The zero-order chi connectivity index (χ0) is 19.7. The van der Waals surface area contributed by atoms with Gasteiger partial charge in [-0.15, -0.1) is 0 Å². The third-order valence-corrected chi connectivity index (χ3v) is 3.78. The molecule has 1 amide bonds. The predicted molar refractivity (Wildman–Crippen MR) is 88.6 cm³/mol. The number of carbonyl (C=O) groups excluding carboxylic acids is 1. The topological polar surface area (TPSA) is 92.9 Å². The van der Waals surface area contributed by atoms with Crippen molar-refractivity contribution >= 4 is 11.9 Å². The van der Waals surface area contributed by atoms with Crippen molar-refractivity contribution in [3.05, 3.63) is 30.3 Å². The molecular weight excluding hydrogens is 353 g/mol. The van der Waals surface area contributed by atoms with Gasteiger partial charge in [-0.05, 0) is 25.1 Å². The number of halogens is 3. The summed E-state index contributed by atoms with van der Waals surface area (Å²) in [5.74, 6) is -2.14. The van der Waals surface area contributed by atoms with Gasteiger partial charge in [-0.2, -0.15) is 13.2 Å². The molecule has 0 radical (unpaired) electrons. The van der Waals surface area contributed by atoms with Crippen molar-refractivity contribution in [1.82, 2.24) is 4.90 Å². The van der Waals surface area contributed by atoms with Gasteiger partial charge in [0.25, 0.3) is 0 Å². The maximum Gasteiger partial charge on any atom is 0.490 e. The van der Waals surface area contributed by atoms with Crippen molar-refractivity contribution in [2.75, 3.05) is 13.1 Å². The molecule has 0 saturated carbocycles. The number of carbonyl (C=O) groups is 2. The van der Waals surface area contributed by atoms with E-state index < -0.39 is 12.1 Å². The Bertz CT molecular complexity index is 581. The molecule has 3 N–H and O–H groups in total. The average molecular weight is 376 g/mol. The fraction of sp³-hybridized carbons (Fsp3) is 0.529. The van der Waals surface area contributed by atoms with E-state index in [2.05, 4.69) is 11.8 Å². The van der Waals surface area contributed by atoms with Crippen LogP contribution >= 0.6 is 0 Å². The number of unbranched alkanes of at least 4 members (excludes halogenated alkanes) is 1. The minimum Gasteiger partial charge on any atom is -0.489 e. The van der Waals surface area contributed by atoms with Gasteiger partial charge in [0.1, 0.15) is 11.9 Å². The molecular formula is C17H23F3N2O4. The fourth-order valence-electron chi connectivity index (χ4n) is 2.54. The first-order valence-corrected chi connectivity index (χ1v) is 8.20. The number of para-hydroxylation sites is 1. The molecule has 9 heteroatoms. The molecule has 1 aromatic carbocycles. The Morgan fingerprint density at radius 3 is 2.35 bits per heavy atom. The summed E-state index contributed by atoms with van der Waals surface area (Å²) < 4.78 is 37.7. The molecule has 0 aromatic heterocycles. The Morgan fingerprint density at radius 2 is 1.88 bits per heavy atom. The van der Waals surface area contributed by atoms with Crippen LogP contribution in [0.2, 0.25) is 0 Å². The molecule has 2 atom stereocenters. The van der Waals surface area contributed by atoms with E-state index in [1.165, 1.54) is 0 Å². The number of carboxylic acids is 1. The van der Waals surface area contributed by atoms with Gasteiger partial charge in [0.05, 0.1) is 6.04 Å². The first kappa shape index (κ1) is 21.8. The summed E-state index contributed by atoms with van der Waals surface area (Å²) in [4.78, 5) is 22.5. The van der Waals surface area contributed by atoms with Gasteiger partial charge in [0, 0.05) is 13.0 Å². The van der Waals surface area contributed by atoms with Crippen LogP contribution in [0.4, 0.5) is 13.2 Å². The van der Waals surface area contributed by atoms with Crippen LogP contribution in [0.1, 0.15) is 26.2 Å². The molecule has 146 valence electrons. The molecule has 1 aromatic rings. The summed E-state index contributed by atoms with van der Waals surface area (Å²) in [5, 5.41) is 7.12. The number of hydrogen-bond acceptors (Lipinski definition) is 4. The van der Waals surface area contributed by atoms with Crippen molar-refractivity contribution in [3.63, 3.8) is 0 Å². The highest BCUT2D eigenvalue weighted by atomic mass is 19.4. The molecule has 1 aliphatic heterocycles. The third kappa shape index (κ3) is 7.30. The van der Waals surface area contributed by atoms with Crippen LogP contribution in [0.25, 0.3) is 0 Å². The minimum absolute atomic E-state index is 0.0526. The quantitative estimate of drug-likeness (QED) is 0.795. The average Bonchev–Trinajstić information content (AvgIpc) is 2.96. The summed E-state index contributed by atoms with van der Waals surface area (Å²) in [6.45, 7) is 3.84. The largest absolute Gasteiger partial charge is 0.490 e. The van der Waals surface area contributed by atoms with Crippen molar-refractivity contribution in [3.8, 4) is 5.75 Å². The van der Waals surface area contributed by atoms with Crippen molar-refractivity contribution < 1.29 is 32.6 Å². The van der Waals surface area contributed by atoms with Gasteiger partial charge in [-0.3, -0.25) is 9.69 Å². The van der Waals surface area contributed by atoms with Crippen molar-refractivity contribution in [2.45, 2.75) is 44.5 Å². The third-order valence-electron chi connectivity index (χ3n) is 3.78. The Hall–Kier alpha value is -2.29. The summed E-state index contributed by atoms with van der Waals surface area (Å²) in [6, 6.07) is 9.55. The second kappa shape index (κ2) is 10.0. The van der Waals surface area contributed by atoms with Crippen LogP contribution in [-0.4, -0.2) is 53.3 Å². The van der Waals surface area contributed by atoms with Crippen molar-refractivity contribution in [2.24, 2.45) is 5.73 Å². The highest BCUT2D eigenvalue weighted by Gasteiger charge is 2.38. The SMILES string of the molecule is CCCCN1C[C@@H](Oc2ccccc2)C[C@H]1C(N)=O.O=C(O)C(F)(F)F. The van der Waals surface area contributed by atoms with Gasteiger partial charge in [-0.1, -0.05) is 31.5 Å². The molecule has 1 aliphatic rings. The smallest absolute Gasteiger partial charge is 0.489 e. The molecule has 0 bridgehead atoms. The number of aliphatic carboxylic acids is 1. The normalized spacial score (nSPS) is 20.2. The number of alkyl halides is 3. The summed E-state index contributed by atoms with van der Waals surface area (Å²) in [6.07, 6.45) is -2.14. The number of carboxylic acid groups (broad SMARTS) is 1. The number of likely N-dealkylation sites (tertiary alicyclic amines) is 1. The van der Waals surface area contributed by atoms with Crippen LogP contribution in [0.5, 0.6) is 5.75 Å². The molecule has 26 heavy (non-hydrogen) atoms. The number of nitrogens with zero attached hydrogens (tertiary/aromatic N) is 1. The number of nitrogens with two attached hydrogens (primary N) is 1. The number of ether oxygens (including phenoxy) is 1. The van der Waals surface area contributed by atoms with E-state index in [-0.39, 0.29) is 18.1 Å². The lowest BCUT2D eigenvalue weighted by atomic mass is 10.2. The molecule has 0 aliphatic carbocycles. The Kier molecular flexibility index (Phi) is 8.37. The van der Waals surface area contributed by atoms with Gasteiger partial charge < -0.3 is 15.6 Å². The summed E-state index contributed by atoms with van der Waals surface area (Å²) in [5.41, 5.74) is 5.48. The summed E-state index contributed by atoms with van der Waals surface area (Å²) >= 11 is 0. The first-order valence-electron chi connectivity index (χ1n) is 8.20. The number of rotatable bonds is 6. The van der Waals surface area contributed by atoms with Crippen LogP contribution in [0.15, 0.2) is 30.3 Å². The van der Waals surface area contributed by atoms with E-state index in [0.29, 0.717) is 6.42 Å². The molecule has 1 fully saturated rings. The second-order valence-electron chi connectivity index (χ2n) is 5.86. The number of primary amides is 1. The zero-order valence-electron chi connectivity index (χ0n) is 14.4. The van der Waals surface area contributed by atoms with E-state index in [0.717, 1.165) is 31.7 Å². The summed E-state index contributed by atoms with van der Waals surface area (Å²) in [7, 11) is 0. The van der Waals surface area contributed by atoms with Gasteiger partial charge >= 0.3 is 12.1 Å². The molecule has 0 unspecified atom stereocenters. The lowest BCUT2D eigenvalue weighted by Crippen LogP contribution is -2.40. The van der Waals surface area contributed by atoms with Crippen LogP contribution in [-0.2, 0) is 9.59 Å². The number of hydrogen-bond donors (Lipinski definition) is 2. The molecule has 1 saturated heterocycles. The number of benzene rings is 1. The van der Waals surface area contributed by atoms with Crippen LogP contribution in [0.3, 0.4) is 0 Å². The highest BCUT2D eigenvalue weighted by molar-refractivity contribution is 5.80. The predicted octanol–water partition coefficient (Wildman–Crippen LogP) is 2.43. The maximum atomic E-state index is 11.5. The van der Waals surface area contributed by atoms with Gasteiger partial charge in [0.15, 0.2) is 0 Å². The van der Waals surface area contributed by atoms with E-state index in [1.54, 1.807) is 0 Å². The fourth-order valence-corrected chi connectivity index (χ4v) is 2.54. The number of amides is 1. The zero-order valence-corrected chi connectivity index (χ0v) is 14.4. The monoisotopic (exact) mass is 376 g/mol. The second-order valence-corrected chi connectivity index (χ2v) is 5.86. The highest BCUT2D eigenvalue weighted by Crippen LogP contribution is 2.23. The molecule has 0 spiro atoms. The lowest BCUT2D eigenvalue weighted by molar-refractivity contribution is -0.192. The standard InChI is InChI=1S/C15H22N2O2.C2HF3O2/c1-2-3-9-17-11-13(10-14(17)15(16)18)19-12-7-5-4-6-8-12;3-2(4,5)1(6)7/h4-8,13-14H,2-3,9-11H2,1H3,(H2,16,18);(H,6,7)/t13-,14-;/m0./s1. The van der Waals surface area contributed by atoms with Crippen molar-refractivity contribution in [1.29, 1.82) is 0 Å². The Balaban J connectivity index is 0.000000412. The van der Waals surface area contributed by atoms with E-state index in [9.17, 15) is 18.0 Å². The van der Waals surface area contributed by atoms with Crippen LogP contribution in [0, 0.1) is 0 Å². The molecule has 6 nitrogen and oxygen atoms in total. The molecule has 2 rings (SSSR count).